The van der Waals surface area contributed by atoms with Gasteiger partial charge in [-0.05, 0) is 24.2 Å². The first-order valence-corrected chi connectivity index (χ1v) is 6.08. The average molecular weight is 224 g/mol. The molecule has 0 aromatic rings. The molecule has 2 amide bonds. The fraction of sp³-hybridized carbons (Fsp3) is 0.833. The molecule has 16 heavy (non-hydrogen) atoms. The maximum absolute atomic E-state index is 11.8. The molecule has 2 rings (SSSR count). The van der Waals surface area contributed by atoms with E-state index in [-0.39, 0.29) is 17.7 Å². The van der Waals surface area contributed by atoms with Crippen molar-refractivity contribution < 1.29 is 9.59 Å². The minimum atomic E-state index is -0.157. The Kier molecular flexibility index (Phi) is 2.91. The Labute approximate surface area is 96.2 Å². The molecular weight excluding hydrogens is 204 g/mol. The van der Waals surface area contributed by atoms with Crippen molar-refractivity contribution in [2.75, 3.05) is 13.1 Å². The van der Waals surface area contributed by atoms with Gasteiger partial charge in [0.25, 0.3) is 0 Å². The lowest BCUT2D eigenvalue weighted by atomic mass is 9.92. The van der Waals surface area contributed by atoms with Crippen LogP contribution < -0.4 is 10.6 Å². The number of carbonyl (C=O) groups is 2. The molecule has 2 aliphatic rings. The summed E-state index contributed by atoms with van der Waals surface area (Å²) in [4.78, 5) is 22.8. The van der Waals surface area contributed by atoms with Gasteiger partial charge in [-0.1, -0.05) is 13.8 Å². The van der Waals surface area contributed by atoms with E-state index in [1.807, 2.05) is 0 Å². The first kappa shape index (κ1) is 11.4. The van der Waals surface area contributed by atoms with Crippen molar-refractivity contribution in [1.82, 2.24) is 10.6 Å². The lowest BCUT2D eigenvalue weighted by Crippen LogP contribution is -2.37. The Balaban J connectivity index is 1.78. The summed E-state index contributed by atoms with van der Waals surface area (Å²) < 4.78 is 0. The van der Waals surface area contributed by atoms with E-state index in [1.165, 1.54) is 12.8 Å². The van der Waals surface area contributed by atoms with Crippen LogP contribution >= 0.6 is 0 Å². The summed E-state index contributed by atoms with van der Waals surface area (Å²) in [5.74, 6) is 0.488. The monoisotopic (exact) mass is 224 g/mol. The number of rotatable bonds is 4. The van der Waals surface area contributed by atoms with Crippen LogP contribution in [-0.4, -0.2) is 24.9 Å². The van der Waals surface area contributed by atoms with Gasteiger partial charge in [-0.15, -0.1) is 0 Å². The molecule has 2 N–H and O–H groups in total. The van der Waals surface area contributed by atoms with E-state index >= 15 is 0 Å². The van der Waals surface area contributed by atoms with E-state index < -0.39 is 0 Å². The van der Waals surface area contributed by atoms with Crippen LogP contribution in [0.1, 0.15) is 33.1 Å². The van der Waals surface area contributed by atoms with Crippen LogP contribution in [0, 0.1) is 17.3 Å². The highest BCUT2D eigenvalue weighted by Gasteiger charge is 2.45. The second-order valence-electron chi connectivity index (χ2n) is 5.44. The highest BCUT2D eigenvalue weighted by molar-refractivity contribution is 5.89. The largest absolute Gasteiger partial charge is 0.355 e. The zero-order valence-corrected chi connectivity index (χ0v) is 10.0. The van der Waals surface area contributed by atoms with Gasteiger partial charge in [-0.25, -0.2) is 0 Å². The summed E-state index contributed by atoms with van der Waals surface area (Å²) >= 11 is 0. The van der Waals surface area contributed by atoms with E-state index in [4.69, 9.17) is 0 Å². The van der Waals surface area contributed by atoms with Crippen LogP contribution in [0.2, 0.25) is 0 Å². The van der Waals surface area contributed by atoms with Crippen LogP contribution in [0.3, 0.4) is 0 Å². The molecule has 1 saturated carbocycles. The molecule has 1 heterocycles. The minimum Gasteiger partial charge on any atom is -0.355 e. The van der Waals surface area contributed by atoms with Gasteiger partial charge < -0.3 is 10.6 Å². The summed E-state index contributed by atoms with van der Waals surface area (Å²) in [6.07, 6.45) is 2.78. The van der Waals surface area contributed by atoms with Gasteiger partial charge in [0.1, 0.15) is 0 Å². The van der Waals surface area contributed by atoms with E-state index in [0.717, 1.165) is 6.54 Å². The Bertz CT molecular complexity index is 308. The van der Waals surface area contributed by atoms with E-state index in [1.54, 1.807) is 0 Å². The molecule has 4 nitrogen and oxygen atoms in total. The number of hydrogen-bond donors (Lipinski definition) is 2. The zero-order chi connectivity index (χ0) is 11.8. The maximum atomic E-state index is 11.8. The van der Waals surface area contributed by atoms with Gasteiger partial charge in [0.15, 0.2) is 0 Å². The molecule has 2 fully saturated rings. The molecule has 0 radical (unpaired) electrons. The summed E-state index contributed by atoms with van der Waals surface area (Å²) in [5, 5.41) is 5.68. The van der Waals surface area contributed by atoms with Crippen LogP contribution in [0.5, 0.6) is 0 Å². The quantitative estimate of drug-likeness (QED) is 0.737. The van der Waals surface area contributed by atoms with Crippen molar-refractivity contribution in [2.45, 2.75) is 33.1 Å². The number of carbonyl (C=O) groups excluding carboxylic acids is 2. The van der Waals surface area contributed by atoms with Crippen LogP contribution in [0.25, 0.3) is 0 Å². The Morgan fingerprint density at radius 1 is 1.56 bits per heavy atom. The second-order valence-corrected chi connectivity index (χ2v) is 5.44. The molecule has 1 atom stereocenters. The Hall–Kier alpha value is -1.06. The molecule has 0 aromatic carbocycles. The van der Waals surface area contributed by atoms with Gasteiger partial charge in [0, 0.05) is 19.5 Å². The van der Waals surface area contributed by atoms with Crippen molar-refractivity contribution in [3.05, 3.63) is 0 Å². The highest BCUT2D eigenvalue weighted by Crippen LogP contribution is 2.51. The predicted octanol–water partition coefficient (Wildman–Crippen LogP) is 0.675. The molecular formula is C12H20N2O2. The maximum Gasteiger partial charge on any atom is 0.225 e. The van der Waals surface area contributed by atoms with Gasteiger partial charge in [-0.3, -0.25) is 9.59 Å². The van der Waals surface area contributed by atoms with Gasteiger partial charge in [-0.2, -0.15) is 0 Å². The highest BCUT2D eigenvalue weighted by atomic mass is 16.2. The third-order valence-electron chi connectivity index (χ3n) is 4.08. The second kappa shape index (κ2) is 4.07. The van der Waals surface area contributed by atoms with E-state index in [0.29, 0.717) is 24.3 Å². The topological polar surface area (TPSA) is 58.2 Å². The molecule has 1 saturated heterocycles. The number of nitrogens with one attached hydrogen (secondary N) is 2. The molecule has 90 valence electrons. The fourth-order valence-electron chi connectivity index (χ4n) is 2.32. The molecule has 0 spiro atoms. The zero-order valence-electron chi connectivity index (χ0n) is 10.0. The minimum absolute atomic E-state index is 0.00913. The summed E-state index contributed by atoms with van der Waals surface area (Å²) in [6, 6.07) is 0. The summed E-state index contributed by atoms with van der Waals surface area (Å²) in [6.45, 7) is 5.69. The first-order valence-electron chi connectivity index (χ1n) is 6.08. The third kappa shape index (κ3) is 2.20. The normalized spacial score (nSPS) is 26.7. The van der Waals surface area contributed by atoms with Crippen molar-refractivity contribution >= 4 is 11.8 Å². The lowest BCUT2D eigenvalue weighted by molar-refractivity contribution is -0.126. The molecule has 0 bridgehead atoms. The first-order chi connectivity index (χ1) is 7.53. The standard InChI is InChI=1S/C12H20N2O2/c1-8(2)12(3-4-12)7-14-11(16)9-5-10(15)13-6-9/h8-9H,3-7H2,1-2H3,(H,13,15)(H,14,16). The van der Waals surface area contributed by atoms with Crippen molar-refractivity contribution in [3.8, 4) is 0 Å². The molecule has 1 unspecified atom stereocenters. The third-order valence-corrected chi connectivity index (χ3v) is 4.08. The lowest BCUT2D eigenvalue weighted by Gasteiger charge is -2.20. The Morgan fingerprint density at radius 2 is 2.25 bits per heavy atom. The van der Waals surface area contributed by atoms with Crippen molar-refractivity contribution in [1.29, 1.82) is 0 Å². The van der Waals surface area contributed by atoms with Crippen LogP contribution in [0.4, 0.5) is 0 Å². The average Bonchev–Trinajstić information content (AvgIpc) is 2.92. The summed E-state index contributed by atoms with van der Waals surface area (Å²) in [5.41, 5.74) is 0.339. The van der Waals surface area contributed by atoms with Gasteiger partial charge in [0.2, 0.25) is 11.8 Å². The Morgan fingerprint density at radius 3 is 2.69 bits per heavy atom. The summed E-state index contributed by atoms with van der Waals surface area (Å²) in [7, 11) is 0. The molecule has 1 aliphatic heterocycles. The van der Waals surface area contributed by atoms with E-state index in [2.05, 4.69) is 24.5 Å². The van der Waals surface area contributed by atoms with Crippen molar-refractivity contribution in [2.24, 2.45) is 17.3 Å². The SMILES string of the molecule is CC(C)C1(CNC(=O)C2CNC(=O)C2)CC1. The van der Waals surface area contributed by atoms with Crippen LogP contribution in [0.15, 0.2) is 0 Å². The fourth-order valence-corrected chi connectivity index (χ4v) is 2.32. The molecule has 1 aliphatic carbocycles. The predicted molar refractivity (Wildman–Crippen MR) is 60.6 cm³/mol. The molecule has 4 heteroatoms. The van der Waals surface area contributed by atoms with E-state index in [9.17, 15) is 9.59 Å². The van der Waals surface area contributed by atoms with Crippen molar-refractivity contribution in [3.63, 3.8) is 0 Å². The van der Waals surface area contributed by atoms with Gasteiger partial charge >= 0.3 is 0 Å². The van der Waals surface area contributed by atoms with Gasteiger partial charge in [0.05, 0.1) is 5.92 Å². The number of hydrogen-bond acceptors (Lipinski definition) is 2. The molecule has 0 aromatic heterocycles. The smallest absolute Gasteiger partial charge is 0.225 e. The van der Waals surface area contributed by atoms with Crippen LogP contribution in [-0.2, 0) is 9.59 Å². The number of amides is 2.